The smallest absolute Gasteiger partial charge is 0.163 e. The SMILES string of the molecule is CCc1nc(CC)n(-c2nc(CCl)cc3ccccc23)n1. The third kappa shape index (κ3) is 2.51. The molecule has 0 spiro atoms. The number of rotatable bonds is 4. The maximum atomic E-state index is 5.99. The van der Waals surface area contributed by atoms with Gasteiger partial charge in [0.15, 0.2) is 11.6 Å². The molecule has 0 N–H and O–H groups in total. The Morgan fingerprint density at radius 2 is 1.90 bits per heavy atom. The number of benzene rings is 1. The van der Waals surface area contributed by atoms with Crippen molar-refractivity contribution >= 4 is 22.4 Å². The molecule has 5 heteroatoms. The van der Waals surface area contributed by atoms with Crippen LogP contribution < -0.4 is 0 Å². The zero-order chi connectivity index (χ0) is 14.8. The molecule has 2 heterocycles. The molecule has 0 radical (unpaired) electrons. The van der Waals surface area contributed by atoms with E-state index in [1.54, 1.807) is 0 Å². The van der Waals surface area contributed by atoms with Gasteiger partial charge in [0.25, 0.3) is 0 Å². The molecule has 3 rings (SSSR count). The van der Waals surface area contributed by atoms with Crippen molar-refractivity contribution in [3.63, 3.8) is 0 Å². The molecule has 2 aromatic heterocycles. The van der Waals surface area contributed by atoms with Gasteiger partial charge in [-0.15, -0.1) is 16.7 Å². The maximum absolute atomic E-state index is 5.99. The van der Waals surface area contributed by atoms with Crippen molar-refractivity contribution in [1.82, 2.24) is 19.7 Å². The lowest BCUT2D eigenvalue weighted by Gasteiger charge is -2.09. The molecular weight excluding hydrogens is 284 g/mol. The number of nitrogens with zero attached hydrogens (tertiary/aromatic N) is 4. The van der Waals surface area contributed by atoms with Gasteiger partial charge < -0.3 is 0 Å². The Morgan fingerprint density at radius 3 is 2.62 bits per heavy atom. The van der Waals surface area contributed by atoms with E-state index >= 15 is 0 Å². The van der Waals surface area contributed by atoms with Crippen LogP contribution >= 0.6 is 11.6 Å². The third-order valence-electron chi connectivity index (χ3n) is 3.46. The fourth-order valence-corrected chi connectivity index (χ4v) is 2.54. The van der Waals surface area contributed by atoms with Gasteiger partial charge in [0.2, 0.25) is 0 Å². The number of hydrogen-bond acceptors (Lipinski definition) is 3. The summed E-state index contributed by atoms with van der Waals surface area (Å²) in [7, 11) is 0. The molecule has 0 saturated heterocycles. The van der Waals surface area contributed by atoms with Crippen LogP contribution in [0.1, 0.15) is 31.2 Å². The number of halogens is 1. The fraction of sp³-hybridized carbons (Fsp3) is 0.312. The van der Waals surface area contributed by atoms with Gasteiger partial charge in [-0.1, -0.05) is 38.1 Å². The molecule has 0 aliphatic heterocycles. The minimum Gasteiger partial charge on any atom is -0.232 e. The van der Waals surface area contributed by atoms with Gasteiger partial charge in [-0.2, -0.15) is 4.68 Å². The van der Waals surface area contributed by atoms with Crippen LogP contribution in [0, 0.1) is 0 Å². The number of alkyl halides is 1. The summed E-state index contributed by atoms with van der Waals surface area (Å²) < 4.78 is 1.86. The predicted octanol–water partition coefficient (Wildman–Crippen LogP) is 3.68. The van der Waals surface area contributed by atoms with Crippen molar-refractivity contribution in [2.24, 2.45) is 0 Å². The Hall–Kier alpha value is -1.94. The number of aryl methyl sites for hydroxylation is 2. The number of hydrogen-bond donors (Lipinski definition) is 0. The molecule has 0 aliphatic rings. The van der Waals surface area contributed by atoms with Crippen LogP contribution in [0.2, 0.25) is 0 Å². The highest BCUT2D eigenvalue weighted by Crippen LogP contribution is 2.23. The van der Waals surface area contributed by atoms with Crippen LogP contribution in [0.15, 0.2) is 30.3 Å². The first kappa shape index (κ1) is 14.0. The molecule has 0 fully saturated rings. The van der Waals surface area contributed by atoms with Gasteiger partial charge in [-0.25, -0.2) is 9.97 Å². The van der Waals surface area contributed by atoms with Crippen LogP contribution in [-0.4, -0.2) is 19.7 Å². The second kappa shape index (κ2) is 5.82. The summed E-state index contributed by atoms with van der Waals surface area (Å²) in [6, 6.07) is 10.2. The molecule has 0 saturated carbocycles. The molecule has 1 aromatic carbocycles. The molecular formula is C16H17ClN4. The second-order valence-electron chi connectivity index (χ2n) is 4.86. The van der Waals surface area contributed by atoms with E-state index in [1.807, 2.05) is 22.9 Å². The fourth-order valence-electron chi connectivity index (χ4n) is 2.40. The van der Waals surface area contributed by atoms with Crippen molar-refractivity contribution in [3.8, 4) is 5.82 Å². The molecule has 0 unspecified atom stereocenters. The quantitative estimate of drug-likeness (QED) is 0.690. The van der Waals surface area contributed by atoms with E-state index in [1.165, 1.54) is 0 Å². The minimum atomic E-state index is 0.384. The van der Waals surface area contributed by atoms with Crippen molar-refractivity contribution in [1.29, 1.82) is 0 Å². The summed E-state index contributed by atoms with van der Waals surface area (Å²) in [6.45, 7) is 4.13. The monoisotopic (exact) mass is 300 g/mol. The number of pyridine rings is 1. The first-order chi connectivity index (χ1) is 10.3. The van der Waals surface area contributed by atoms with E-state index in [4.69, 9.17) is 11.6 Å². The summed E-state index contributed by atoms with van der Waals surface area (Å²) in [4.78, 5) is 9.24. The van der Waals surface area contributed by atoms with Crippen LogP contribution in [0.4, 0.5) is 0 Å². The van der Waals surface area contributed by atoms with Gasteiger partial charge in [-0.05, 0) is 11.5 Å². The molecule has 0 amide bonds. The Kier molecular flexibility index (Phi) is 3.88. The van der Waals surface area contributed by atoms with E-state index < -0.39 is 0 Å². The molecule has 4 nitrogen and oxygen atoms in total. The lowest BCUT2D eigenvalue weighted by atomic mass is 10.1. The van der Waals surface area contributed by atoms with Crippen molar-refractivity contribution in [2.75, 3.05) is 0 Å². The molecule has 3 aromatic rings. The summed E-state index contributed by atoms with van der Waals surface area (Å²) in [6.07, 6.45) is 1.63. The Morgan fingerprint density at radius 1 is 1.10 bits per heavy atom. The van der Waals surface area contributed by atoms with Gasteiger partial charge in [0.05, 0.1) is 11.6 Å². The predicted molar refractivity (Wildman–Crippen MR) is 85.0 cm³/mol. The molecule has 108 valence electrons. The molecule has 0 bridgehead atoms. The van der Waals surface area contributed by atoms with Crippen LogP contribution in [-0.2, 0) is 18.7 Å². The van der Waals surface area contributed by atoms with Crippen LogP contribution in [0.25, 0.3) is 16.6 Å². The van der Waals surface area contributed by atoms with Crippen LogP contribution in [0.3, 0.4) is 0 Å². The lowest BCUT2D eigenvalue weighted by Crippen LogP contribution is -2.07. The van der Waals surface area contributed by atoms with Gasteiger partial charge in [0.1, 0.15) is 5.82 Å². The summed E-state index contributed by atoms with van der Waals surface area (Å²) in [5.74, 6) is 2.97. The zero-order valence-electron chi connectivity index (χ0n) is 12.2. The minimum absolute atomic E-state index is 0.384. The van der Waals surface area contributed by atoms with E-state index in [0.717, 1.165) is 46.8 Å². The summed E-state index contributed by atoms with van der Waals surface area (Å²) >= 11 is 5.99. The molecule has 0 aliphatic carbocycles. The Bertz CT molecular complexity index is 779. The van der Waals surface area contributed by atoms with E-state index in [2.05, 4.69) is 41.0 Å². The van der Waals surface area contributed by atoms with E-state index in [0.29, 0.717) is 5.88 Å². The number of aromatic nitrogens is 4. The third-order valence-corrected chi connectivity index (χ3v) is 3.74. The Balaban J connectivity index is 2.30. The normalized spacial score (nSPS) is 11.2. The second-order valence-corrected chi connectivity index (χ2v) is 5.12. The van der Waals surface area contributed by atoms with Crippen LogP contribution in [0.5, 0.6) is 0 Å². The topological polar surface area (TPSA) is 43.6 Å². The highest BCUT2D eigenvalue weighted by molar-refractivity contribution is 6.17. The lowest BCUT2D eigenvalue weighted by molar-refractivity contribution is 0.772. The summed E-state index contributed by atoms with van der Waals surface area (Å²) in [5, 5.41) is 6.78. The van der Waals surface area contributed by atoms with Crippen molar-refractivity contribution in [2.45, 2.75) is 32.6 Å². The zero-order valence-corrected chi connectivity index (χ0v) is 12.9. The highest BCUT2D eigenvalue weighted by Gasteiger charge is 2.14. The van der Waals surface area contributed by atoms with Crippen molar-refractivity contribution < 1.29 is 0 Å². The van der Waals surface area contributed by atoms with Gasteiger partial charge in [0, 0.05) is 18.2 Å². The average Bonchev–Trinajstić information content (AvgIpc) is 2.97. The maximum Gasteiger partial charge on any atom is 0.163 e. The van der Waals surface area contributed by atoms with Gasteiger partial charge in [-0.3, -0.25) is 0 Å². The largest absolute Gasteiger partial charge is 0.232 e. The average molecular weight is 301 g/mol. The molecule has 0 atom stereocenters. The van der Waals surface area contributed by atoms with Crippen molar-refractivity contribution in [3.05, 3.63) is 47.7 Å². The standard InChI is InChI=1S/C16H17ClN4/c1-3-14-19-15(4-2)21(20-14)16-13-8-6-5-7-11(13)9-12(10-17)18-16/h5-9H,3-4,10H2,1-2H3. The first-order valence-electron chi connectivity index (χ1n) is 7.16. The first-order valence-corrected chi connectivity index (χ1v) is 7.70. The molecule has 21 heavy (non-hydrogen) atoms. The van der Waals surface area contributed by atoms with E-state index in [9.17, 15) is 0 Å². The van der Waals surface area contributed by atoms with Gasteiger partial charge >= 0.3 is 0 Å². The number of fused-ring (bicyclic) bond motifs is 1. The summed E-state index contributed by atoms with van der Waals surface area (Å²) in [5.41, 5.74) is 0.848. The Labute approximate surface area is 128 Å². The highest BCUT2D eigenvalue weighted by atomic mass is 35.5. The van der Waals surface area contributed by atoms with E-state index in [-0.39, 0.29) is 0 Å².